The number of carbonyl (C=O) groups is 1. The molecule has 0 bridgehead atoms. The van der Waals surface area contributed by atoms with Gasteiger partial charge in [0.15, 0.2) is 6.10 Å². The van der Waals surface area contributed by atoms with E-state index in [0.717, 1.165) is 11.3 Å². The van der Waals surface area contributed by atoms with E-state index in [0.29, 0.717) is 18.1 Å². The number of furan rings is 1. The zero-order valence-electron chi connectivity index (χ0n) is 14.9. The van der Waals surface area contributed by atoms with Gasteiger partial charge in [-0.15, -0.1) is 0 Å². The first-order chi connectivity index (χ1) is 13.2. The van der Waals surface area contributed by atoms with Gasteiger partial charge in [0.2, 0.25) is 0 Å². The Labute approximate surface area is 157 Å². The molecule has 0 fully saturated rings. The summed E-state index contributed by atoms with van der Waals surface area (Å²) < 4.78 is 16.4. The van der Waals surface area contributed by atoms with Crippen LogP contribution in [0.15, 0.2) is 82.5 Å². The van der Waals surface area contributed by atoms with Gasteiger partial charge in [0.1, 0.15) is 23.9 Å². The molecule has 6 heteroatoms. The van der Waals surface area contributed by atoms with Crippen LogP contribution in [0.1, 0.15) is 18.2 Å². The van der Waals surface area contributed by atoms with E-state index in [1.54, 1.807) is 43.3 Å². The molecule has 3 aromatic rings. The summed E-state index contributed by atoms with van der Waals surface area (Å²) in [6.07, 6.45) is 2.25. The van der Waals surface area contributed by atoms with Crippen LogP contribution in [-0.2, 0) is 11.4 Å². The summed E-state index contributed by atoms with van der Waals surface area (Å²) in [5.74, 6) is 1.49. The number of ether oxygens (including phenoxy) is 2. The third-order valence-electron chi connectivity index (χ3n) is 3.66. The molecule has 0 aliphatic heterocycles. The van der Waals surface area contributed by atoms with Crippen molar-refractivity contribution in [2.24, 2.45) is 5.10 Å². The van der Waals surface area contributed by atoms with Crippen LogP contribution < -0.4 is 14.9 Å². The molecular formula is C21H20N2O4. The maximum Gasteiger partial charge on any atom is 0.280 e. The summed E-state index contributed by atoms with van der Waals surface area (Å²) in [5, 5.41) is 3.83. The fourth-order valence-corrected chi connectivity index (χ4v) is 2.23. The molecule has 6 nitrogen and oxygen atoms in total. The molecule has 0 aliphatic rings. The van der Waals surface area contributed by atoms with Crippen molar-refractivity contribution in [1.29, 1.82) is 0 Å². The molecule has 27 heavy (non-hydrogen) atoms. The van der Waals surface area contributed by atoms with Gasteiger partial charge in [-0.25, -0.2) is 5.43 Å². The highest BCUT2D eigenvalue weighted by Crippen LogP contribution is 2.19. The van der Waals surface area contributed by atoms with Crippen LogP contribution in [0.4, 0.5) is 0 Å². The second-order valence-electron chi connectivity index (χ2n) is 5.76. The zero-order valence-corrected chi connectivity index (χ0v) is 14.9. The molecule has 0 radical (unpaired) electrons. The Bertz CT molecular complexity index is 859. The van der Waals surface area contributed by atoms with Gasteiger partial charge in [0.05, 0.1) is 12.5 Å². The summed E-state index contributed by atoms with van der Waals surface area (Å²) in [4.78, 5) is 12.0. The van der Waals surface area contributed by atoms with Crippen LogP contribution in [-0.4, -0.2) is 18.2 Å². The average Bonchev–Trinajstić information content (AvgIpc) is 3.21. The third kappa shape index (κ3) is 5.74. The van der Waals surface area contributed by atoms with Gasteiger partial charge in [-0.2, -0.15) is 5.10 Å². The van der Waals surface area contributed by atoms with Crippen molar-refractivity contribution in [1.82, 2.24) is 5.43 Å². The number of hydrazone groups is 1. The van der Waals surface area contributed by atoms with Crippen molar-refractivity contribution >= 4 is 12.1 Å². The molecule has 3 rings (SSSR count). The molecule has 0 saturated heterocycles. The number of rotatable bonds is 8. The van der Waals surface area contributed by atoms with Crippen molar-refractivity contribution in [2.45, 2.75) is 19.6 Å². The summed E-state index contributed by atoms with van der Waals surface area (Å²) >= 11 is 0. The quantitative estimate of drug-likeness (QED) is 0.488. The highest BCUT2D eigenvalue weighted by atomic mass is 16.5. The largest absolute Gasteiger partial charge is 0.489 e. The third-order valence-corrected chi connectivity index (χ3v) is 3.66. The molecule has 138 valence electrons. The van der Waals surface area contributed by atoms with Gasteiger partial charge in [0, 0.05) is 0 Å². The Morgan fingerprint density at radius 3 is 2.52 bits per heavy atom. The Hall–Kier alpha value is -3.54. The number of nitrogens with one attached hydrogen (secondary N) is 1. The summed E-state index contributed by atoms with van der Waals surface area (Å²) in [7, 11) is 0. The molecule has 1 atom stereocenters. The molecule has 0 spiro atoms. The first-order valence-corrected chi connectivity index (χ1v) is 8.50. The molecule has 1 N–H and O–H groups in total. The van der Waals surface area contributed by atoms with E-state index in [1.165, 1.54) is 12.5 Å². The lowest BCUT2D eigenvalue weighted by molar-refractivity contribution is -0.127. The number of benzene rings is 2. The zero-order chi connectivity index (χ0) is 18.9. The number of hydrogen-bond acceptors (Lipinski definition) is 5. The van der Waals surface area contributed by atoms with Crippen LogP contribution in [0.5, 0.6) is 11.5 Å². The lowest BCUT2D eigenvalue weighted by atomic mass is 10.2. The van der Waals surface area contributed by atoms with Crippen molar-refractivity contribution in [3.63, 3.8) is 0 Å². The van der Waals surface area contributed by atoms with E-state index in [9.17, 15) is 4.79 Å². The number of nitrogens with zero attached hydrogens (tertiary/aromatic N) is 1. The predicted molar refractivity (Wildman–Crippen MR) is 102 cm³/mol. The SMILES string of the molecule is C[C@@H](Oc1ccc(OCc2ccccc2)cc1)C(=O)N/N=C\c1ccco1. The second kappa shape index (κ2) is 9.24. The Kier molecular flexibility index (Phi) is 6.25. The van der Waals surface area contributed by atoms with Crippen molar-refractivity contribution in [2.75, 3.05) is 0 Å². The summed E-state index contributed by atoms with van der Waals surface area (Å²) in [5.41, 5.74) is 3.51. The van der Waals surface area contributed by atoms with Crippen molar-refractivity contribution in [3.05, 3.63) is 84.3 Å². The van der Waals surface area contributed by atoms with Gasteiger partial charge in [0.25, 0.3) is 5.91 Å². The van der Waals surface area contributed by atoms with Crippen LogP contribution >= 0.6 is 0 Å². The molecule has 1 heterocycles. The highest BCUT2D eigenvalue weighted by molar-refractivity contribution is 5.83. The maximum atomic E-state index is 12.0. The number of amides is 1. The molecule has 2 aromatic carbocycles. The fourth-order valence-electron chi connectivity index (χ4n) is 2.23. The molecule has 1 amide bonds. The van der Waals surface area contributed by atoms with E-state index >= 15 is 0 Å². The lowest BCUT2D eigenvalue weighted by Gasteiger charge is -2.13. The minimum absolute atomic E-state index is 0.359. The Balaban J connectivity index is 1.46. The van der Waals surface area contributed by atoms with Crippen LogP contribution in [0.2, 0.25) is 0 Å². The van der Waals surface area contributed by atoms with Crippen molar-refractivity contribution < 1.29 is 18.7 Å². The highest BCUT2D eigenvalue weighted by Gasteiger charge is 2.14. The first kappa shape index (κ1) is 18.3. The normalized spacial score (nSPS) is 11.9. The van der Waals surface area contributed by atoms with Gasteiger partial charge in [-0.1, -0.05) is 30.3 Å². The monoisotopic (exact) mass is 364 g/mol. The van der Waals surface area contributed by atoms with Crippen LogP contribution in [0.3, 0.4) is 0 Å². The van der Waals surface area contributed by atoms with Gasteiger partial charge in [-0.3, -0.25) is 4.79 Å². The van der Waals surface area contributed by atoms with E-state index in [4.69, 9.17) is 13.9 Å². The van der Waals surface area contributed by atoms with E-state index in [2.05, 4.69) is 10.5 Å². The standard InChI is InChI=1S/C21H20N2O4/c1-16(21(24)23-22-14-20-8-5-13-25-20)27-19-11-9-18(10-12-19)26-15-17-6-3-2-4-7-17/h2-14,16H,15H2,1H3,(H,23,24)/b22-14-/t16-/m1/s1. The van der Waals surface area contributed by atoms with Crippen LogP contribution in [0, 0.1) is 0 Å². The van der Waals surface area contributed by atoms with Gasteiger partial charge in [-0.05, 0) is 48.9 Å². The molecule has 0 aliphatic carbocycles. The molecule has 0 saturated carbocycles. The van der Waals surface area contributed by atoms with Crippen molar-refractivity contribution in [3.8, 4) is 11.5 Å². The van der Waals surface area contributed by atoms with E-state index in [-0.39, 0.29) is 5.91 Å². The van der Waals surface area contributed by atoms with Gasteiger partial charge < -0.3 is 13.9 Å². The number of carbonyl (C=O) groups excluding carboxylic acids is 1. The fraction of sp³-hybridized carbons (Fsp3) is 0.143. The number of hydrogen-bond donors (Lipinski definition) is 1. The topological polar surface area (TPSA) is 73.1 Å². The summed E-state index contributed by atoms with van der Waals surface area (Å²) in [6.45, 7) is 2.14. The predicted octanol–water partition coefficient (Wildman–Crippen LogP) is 3.78. The Morgan fingerprint density at radius 2 is 1.81 bits per heavy atom. The van der Waals surface area contributed by atoms with Crippen LogP contribution in [0.25, 0.3) is 0 Å². The Morgan fingerprint density at radius 1 is 1.07 bits per heavy atom. The van der Waals surface area contributed by atoms with E-state index in [1.807, 2.05) is 30.3 Å². The second-order valence-corrected chi connectivity index (χ2v) is 5.76. The van der Waals surface area contributed by atoms with E-state index < -0.39 is 6.10 Å². The molecule has 1 aromatic heterocycles. The molecular weight excluding hydrogens is 344 g/mol. The first-order valence-electron chi connectivity index (χ1n) is 8.50. The van der Waals surface area contributed by atoms with Gasteiger partial charge >= 0.3 is 0 Å². The average molecular weight is 364 g/mol. The molecule has 0 unspecified atom stereocenters. The summed E-state index contributed by atoms with van der Waals surface area (Å²) in [6, 6.07) is 20.5. The lowest BCUT2D eigenvalue weighted by Crippen LogP contribution is -2.33. The maximum absolute atomic E-state index is 12.0. The minimum Gasteiger partial charge on any atom is -0.489 e. The smallest absolute Gasteiger partial charge is 0.280 e. The minimum atomic E-state index is -0.699.